The molecule has 0 saturated heterocycles. The number of ether oxygens (including phenoxy) is 1. The van der Waals surface area contributed by atoms with Crippen LogP contribution in [-0.4, -0.2) is 16.7 Å². The fourth-order valence-corrected chi connectivity index (χ4v) is 1.89. The molecule has 0 bridgehead atoms. The van der Waals surface area contributed by atoms with Crippen molar-refractivity contribution in [2.24, 2.45) is 0 Å². The zero-order valence-electron chi connectivity index (χ0n) is 11.3. The number of rotatable bonds is 5. The molecule has 0 atom stereocenters. The normalized spacial score (nSPS) is 9.85. The highest BCUT2D eigenvalue weighted by atomic mass is 32.1. The van der Waals surface area contributed by atoms with Gasteiger partial charge in [0.15, 0.2) is 5.11 Å². The lowest BCUT2D eigenvalue weighted by Crippen LogP contribution is -2.27. The van der Waals surface area contributed by atoms with Gasteiger partial charge in [0.05, 0.1) is 6.61 Å². The first-order valence-corrected chi connectivity index (χ1v) is 6.85. The molecule has 0 fully saturated rings. The predicted octanol–water partition coefficient (Wildman–Crippen LogP) is 2.97. The number of pyridine rings is 1. The van der Waals surface area contributed by atoms with E-state index in [-0.39, 0.29) is 0 Å². The quantitative estimate of drug-likeness (QED) is 0.828. The largest absolute Gasteiger partial charge is 0.494 e. The number of hydrogen-bond acceptors (Lipinski definition) is 3. The number of thiocarbonyl (C=S) groups is 1. The Labute approximate surface area is 124 Å². The average Bonchev–Trinajstić information content (AvgIpc) is 2.47. The van der Waals surface area contributed by atoms with Crippen LogP contribution in [0.3, 0.4) is 0 Å². The van der Waals surface area contributed by atoms with Crippen LogP contribution in [0, 0.1) is 0 Å². The molecule has 0 amide bonds. The van der Waals surface area contributed by atoms with Crippen LogP contribution in [0.4, 0.5) is 5.69 Å². The SMILES string of the molecule is CCOc1cccc(CNC(=S)Nc2ccncc2)c1. The Kier molecular flexibility index (Phi) is 5.32. The first kappa shape index (κ1) is 14.3. The van der Waals surface area contributed by atoms with E-state index in [0.717, 1.165) is 17.0 Å². The molecule has 2 N–H and O–H groups in total. The van der Waals surface area contributed by atoms with Gasteiger partial charge < -0.3 is 15.4 Å². The van der Waals surface area contributed by atoms with Crippen LogP contribution in [0.15, 0.2) is 48.8 Å². The van der Waals surface area contributed by atoms with Crippen LogP contribution in [0.25, 0.3) is 0 Å². The molecule has 0 aliphatic heterocycles. The fraction of sp³-hybridized carbons (Fsp3) is 0.200. The molecule has 0 spiro atoms. The molecule has 20 heavy (non-hydrogen) atoms. The van der Waals surface area contributed by atoms with Gasteiger partial charge in [0.25, 0.3) is 0 Å². The van der Waals surface area contributed by atoms with Gasteiger partial charge in [0, 0.05) is 24.6 Å². The Balaban J connectivity index is 1.85. The molecule has 0 aliphatic rings. The van der Waals surface area contributed by atoms with E-state index in [9.17, 15) is 0 Å². The molecular weight excluding hydrogens is 270 g/mol. The maximum absolute atomic E-state index is 5.47. The van der Waals surface area contributed by atoms with Gasteiger partial charge in [-0.05, 0) is 49.0 Å². The van der Waals surface area contributed by atoms with Crippen molar-refractivity contribution in [1.29, 1.82) is 0 Å². The van der Waals surface area contributed by atoms with Gasteiger partial charge in [-0.1, -0.05) is 12.1 Å². The maximum atomic E-state index is 5.47. The molecule has 2 aromatic rings. The zero-order valence-corrected chi connectivity index (χ0v) is 12.1. The van der Waals surface area contributed by atoms with Crippen molar-refractivity contribution in [2.75, 3.05) is 11.9 Å². The van der Waals surface area contributed by atoms with E-state index < -0.39 is 0 Å². The molecule has 0 radical (unpaired) electrons. The summed E-state index contributed by atoms with van der Waals surface area (Å²) < 4.78 is 5.47. The van der Waals surface area contributed by atoms with Crippen LogP contribution in [0.1, 0.15) is 12.5 Å². The number of aromatic nitrogens is 1. The van der Waals surface area contributed by atoms with Gasteiger partial charge in [-0.2, -0.15) is 0 Å². The van der Waals surface area contributed by atoms with E-state index in [2.05, 4.69) is 15.6 Å². The van der Waals surface area contributed by atoms with E-state index >= 15 is 0 Å². The van der Waals surface area contributed by atoms with Crippen LogP contribution in [0.5, 0.6) is 5.75 Å². The summed E-state index contributed by atoms with van der Waals surface area (Å²) in [5.41, 5.74) is 2.04. The van der Waals surface area contributed by atoms with Gasteiger partial charge in [-0.25, -0.2) is 0 Å². The number of hydrogen-bond donors (Lipinski definition) is 2. The molecule has 2 rings (SSSR count). The number of nitrogens with zero attached hydrogens (tertiary/aromatic N) is 1. The number of nitrogens with one attached hydrogen (secondary N) is 2. The Morgan fingerprint density at radius 2 is 2.05 bits per heavy atom. The van der Waals surface area contributed by atoms with Crippen molar-refractivity contribution in [3.8, 4) is 5.75 Å². The first-order valence-electron chi connectivity index (χ1n) is 6.44. The molecule has 1 aromatic heterocycles. The van der Waals surface area contributed by atoms with Crippen molar-refractivity contribution in [2.45, 2.75) is 13.5 Å². The van der Waals surface area contributed by atoms with Gasteiger partial charge in [-0.15, -0.1) is 0 Å². The summed E-state index contributed by atoms with van der Waals surface area (Å²) in [6.45, 7) is 3.29. The standard InChI is InChI=1S/C15H17N3OS/c1-2-19-14-5-3-4-12(10-14)11-17-15(20)18-13-6-8-16-9-7-13/h3-10H,2,11H2,1H3,(H2,16,17,18,20). The van der Waals surface area contributed by atoms with Gasteiger partial charge in [0.2, 0.25) is 0 Å². The van der Waals surface area contributed by atoms with Crippen LogP contribution < -0.4 is 15.4 Å². The molecule has 1 heterocycles. The summed E-state index contributed by atoms with van der Waals surface area (Å²) >= 11 is 5.25. The maximum Gasteiger partial charge on any atom is 0.171 e. The molecule has 104 valence electrons. The van der Waals surface area contributed by atoms with Crippen molar-refractivity contribution >= 4 is 23.0 Å². The summed E-state index contributed by atoms with van der Waals surface area (Å²) in [7, 11) is 0. The highest BCUT2D eigenvalue weighted by Gasteiger charge is 1.99. The van der Waals surface area contributed by atoms with E-state index in [1.165, 1.54) is 0 Å². The van der Waals surface area contributed by atoms with E-state index in [4.69, 9.17) is 17.0 Å². The second kappa shape index (κ2) is 7.45. The minimum Gasteiger partial charge on any atom is -0.494 e. The summed E-state index contributed by atoms with van der Waals surface area (Å²) in [6.07, 6.45) is 3.44. The van der Waals surface area contributed by atoms with E-state index in [1.807, 2.05) is 43.3 Å². The number of benzene rings is 1. The van der Waals surface area contributed by atoms with Crippen LogP contribution in [-0.2, 0) is 6.54 Å². The van der Waals surface area contributed by atoms with Crippen LogP contribution >= 0.6 is 12.2 Å². The first-order chi connectivity index (χ1) is 9.78. The Bertz CT molecular complexity index is 560. The molecular formula is C15H17N3OS. The van der Waals surface area contributed by atoms with Gasteiger partial charge in [-0.3, -0.25) is 4.98 Å². The summed E-state index contributed by atoms with van der Waals surface area (Å²) in [4.78, 5) is 3.96. The lowest BCUT2D eigenvalue weighted by molar-refractivity contribution is 0.340. The Morgan fingerprint density at radius 1 is 1.25 bits per heavy atom. The molecule has 4 nitrogen and oxygen atoms in total. The minimum atomic E-state index is 0.581. The highest BCUT2D eigenvalue weighted by Crippen LogP contribution is 2.13. The van der Waals surface area contributed by atoms with E-state index in [1.54, 1.807) is 12.4 Å². The molecule has 1 aromatic carbocycles. The minimum absolute atomic E-state index is 0.581. The highest BCUT2D eigenvalue weighted by molar-refractivity contribution is 7.80. The van der Waals surface area contributed by atoms with Gasteiger partial charge >= 0.3 is 0 Å². The van der Waals surface area contributed by atoms with Crippen molar-refractivity contribution in [1.82, 2.24) is 10.3 Å². The average molecular weight is 287 g/mol. The number of anilines is 1. The van der Waals surface area contributed by atoms with Crippen molar-refractivity contribution < 1.29 is 4.74 Å². The van der Waals surface area contributed by atoms with Gasteiger partial charge in [0.1, 0.15) is 5.75 Å². The summed E-state index contributed by atoms with van der Waals surface area (Å²) in [6, 6.07) is 11.7. The Hall–Kier alpha value is -2.14. The second-order valence-electron chi connectivity index (χ2n) is 4.12. The Morgan fingerprint density at radius 3 is 2.80 bits per heavy atom. The molecule has 0 aliphatic carbocycles. The summed E-state index contributed by atoms with van der Waals surface area (Å²) in [5.74, 6) is 0.875. The lowest BCUT2D eigenvalue weighted by atomic mass is 10.2. The summed E-state index contributed by atoms with van der Waals surface area (Å²) in [5, 5.41) is 6.84. The van der Waals surface area contributed by atoms with Crippen LogP contribution in [0.2, 0.25) is 0 Å². The smallest absolute Gasteiger partial charge is 0.171 e. The fourth-order valence-electron chi connectivity index (χ4n) is 1.70. The molecule has 0 saturated carbocycles. The lowest BCUT2D eigenvalue weighted by Gasteiger charge is -2.11. The second-order valence-corrected chi connectivity index (χ2v) is 4.53. The third kappa shape index (κ3) is 4.51. The molecule has 5 heteroatoms. The topological polar surface area (TPSA) is 46.2 Å². The monoisotopic (exact) mass is 287 g/mol. The van der Waals surface area contributed by atoms with Crippen molar-refractivity contribution in [3.63, 3.8) is 0 Å². The predicted molar refractivity (Wildman–Crippen MR) is 84.9 cm³/mol. The third-order valence-electron chi connectivity index (χ3n) is 2.60. The molecule has 0 unspecified atom stereocenters. The van der Waals surface area contributed by atoms with E-state index in [0.29, 0.717) is 18.3 Å². The third-order valence-corrected chi connectivity index (χ3v) is 2.85. The zero-order chi connectivity index (χ0) is 14.2. The van der Waals surface area contributed by atoms with Crippen molar-refractivity contribution in [3.05, 3.63) is 54.4 Å².